The van der Waals surface area contributed by atoms with E-state index in [9.17, 15) is 8.42 Å². The lowest BCUT2D eigenvalue weighted by molar-refractivity contribution is -0.510. The minimum atomic E-state index is -3.26. The molecular formula is C17H18BrN3O2S. The molecule has 0 aliphatic rings. The summed E-state index contributed by atoms with van der Waals surface area (Å²) in [4.78, 5) is 0. The van der Waals surface area contributed by atoms with Crippen LogP contribution in [-0.4, -0.2) is 19.2 Å². The molecule has 0 unspecified atom stereocenters. The second-order valence-electron chi connectivity index (χ2n) is 5.33. The summed E-state index contributed by atoms with van der Waals surface area (Å²) >= 11 is 0. The van der Waals surface area contributed by atoms with Crippen molar-refractivity contribution in [3.8, 4) is 11.3 Å². The van der Waals surface area contributed by atoms with Gasteiger partial charge in [-0.3, -0.25) is 4.72 Å². The zero-order valence-corrected chi connectivity index (χ0v) is 15.6. The van der Waals surface area contributed by atoms with Gasteiger partial charge in [-0.2, -0.15) is 0 Å². The highest BCUT2D eigenvalue weighted by atomic mass is 79.9. The molecule has 3 aromatic rings. The van der Waals surface area contributed by atoms with Crippen LogP contribution in [0.2, 0.25) is 0 Å². The molecule has 0 amide bonds. The maximum atomic E-state index is 11.3. The second-order valence-corrected chi connectivity index (χ2v) is 7.08. The van der Waals surface area contributed by atoms with Crippen LogP contribution in [-0.2, 0) is 16.6 Å². The first-order chi connectivity index (χ1) is 11.0. The first-order valence-electron chi connectivity index (χ1n) is 7.16. The van der Waals surface area contributed by atoms with Crippen molar-refractivity contribution in [1.29, 1.82) is 0 Å². The Bertz CT molecular complexity index is 963. The SMILES string of the molecule is C=CCn1c(-c2ccc(NS(C)(=O)=O)cc2)c[n+]2ccccc12.[Br-]. The molecule has 0 spiro atoms. The van der Waals surface area contributed by atoms with Gasteiger partial charge in [-0.25, -0.2) is 17.4 Å². The Morgan fingerprint density at radius 1 is 1.21 bits per heavy atom. The molecule has 5 nitrogen and oxygen atoms in total. The number of rotatable bonds is 5. The molecule has 7 heteroatoms. The van der Waals surface area contributed by atoms with Crippen LogP contribution in [0.3, 0.4) is 0 Å². The van der Waals surface area contributed by atoms with E-state index < -0.39 is 10.0 Å². The molecule has 0 saturated carbocycles. The number of hydrogen-bond donors (Lipinski definition) is 1. The van der Waals surface area contributed by atoms with E-state index in [1.165, 1.54) is 0 Å². The predicted octanol–water partition coefficient (Wildman–Crippen LogP) is -0.545. The Balaban J connectivity index is 0.00000208. The molecule has 2 heterocycles. The lowest BCUT2D eigenvalue weighted by Gasteiger charge is -2.05. The monoisotopic (exact) mass is 407 g/mol. The topological polar surface area (TPSA) is 55.2 Å². The normalized spacial score (nSPS) is 11.0. The van der Waals surface area contributed by atoms with Crippen LogP contribution >= 0.6 is 0 Å². The molecule has 0 atom stereocenters. The van der Waals surface area contributed by atoms with E-state index in [1.807, 2.05) is 42.6 Å². The summed E-state index contributed by atoms with van der Waals surface area (Å²) in [6.07, 6.45) is 7.05. The van der Waals surface area contributed by atoms with Crippen molar-refractivity contribution in [1.82, 2.24) is 4.57 Å². The van der Waals surface area contributed by atoms with Crippen LogP contribution in [0.1, 0.15) is 0 Å². The third-order valence-corrected chi connectivity index (χ3v) is 4.10. The van der Waals surface area contributed by atoms with Gasteiger partial charge in [-0.05, 0) is 30.3 Å². The van der Waals surface area contributed by atoms with Gasteiger partial charge in [0.2, 0.25) is 10.0 Å². The summed E-state index contributed by atoms with van der Waals surface area (Å²) in [5, 5.41) is 0. The fraction of sp³-hybridized carbons (Fsp3) is 0.118. The van der Waals surface area contributed by atoms with E-state index in [0.29, 0.717) is 12.2 Å². The minimum absolute atomic E-state index is 0. The molecule has 1 N–H and O–H groups in total. The third kappa shape index (κ3) is 3.85. The molecule has 0 aliphatic carbocycles. The number of halogens is 1. The van der Waals surface area contributed by atoms with E-state index in [1.54, 1.807) is 12.1 Å². The fourth-order valence-corrected chi connectivity index (χ4v) is 3.15. The Kier molecular flexibility index (Phi) is 5.46. The van der Waals surface area contributed by atoms with Crippen LogP contribution in [0, 0.1) is 0 Å². The first kappa shape index (κ1) is 18.2. The molecule has 3 rings (SSSR count). The predicted molar refractivity (Wildman–Crippen MR) is 91.7 cm³/mol. The largest absolute Gasteiger partial charge is 1.00 e. The van der Waals surface area contributed by atoms with E-state index in [4.69, 9.17) is 0 Å². The Morgan fingerprint density at radius 3 is 2.54 bits per heavy atom. The number of pyridine rings is 1. The third-order valence-electron chi connectivity index (χ3n) is 3.49. The van der Waals surface area contributed by atoms with Gasteiger partial charge in [0, 0.05) is 17.3 Å². The molecule has 24 heavy (non-hydrogen) atoms. The summed E-state index contributed by atoms with van der Waals surface area (Å²) in [6, 6.07) is 13.4. The van der Waals surface area contributed by atoms with Crippen LogP contribution in [0.4, 0.5) is 5.69 Å². The van der Waals surface area contributed by atoms with Crippen molar-refractivity contribution in [3.05, 3.63) is 67.5 Å². The lowest BCUT2D eigenvalue weighted by atomic mass is 10.1. The quantitative estimate of drug-likeness (QED) is 0.455. The molecule has 0 fully saturated rings. The first-order valence-corrected chi connectivity index (χ1v) is 9.06. The lowest BCUT2D eigenvalue weighted by Crippen LogP contribution is -3.00. The van der Waals surface area contributed by atoms with Crippen molar-refractivity contribution in [2.75, 3.05) is 11.0 Å². The highest BCUT2D eigenvalue weighted by Crippen LogP contribution is 2.23. The Morgan fingerprint density at radius 2 is 1.92 bits per heavy atom. The number of hydrogen-bond acceptors (Lipinski definition) is 2. The smallest absolute Gasteiger partial charge is 0.286 e. The molecule has 0 aliphatic heterocycles. The van der Waals surface area contributed by atoms with Crippen LogP contribution in [0.5, 0.6) is 0 Å². The maximum absolute atomic E-state index is 11.3. The van der Waals surface area contributed by atoms with Gasteiger partial charge in [-0.15, -0.1) is 0 Å². The number of allylic oxidation sites excluding steroid dienone is 1. The van der Waals surface area contributed by atoms with Gasteiger partial charge < -0.3 is 17.0 Å². The van der Waals surface area contributed by atoms with Crippen molar-refractivity contribution in [2.45, 2.75) is 6.54 Å². The second kappa shape index (κ2) is 7.19. The van der Waals surface area contributed by atoms with Gasteiger partial charge >= 0.3 is 0 Å². The van der Waals surface area contributed by atoms with E-state index in [2.05, 4.69) is 26.5 Å². The standard InChI is InChI=1S/C17H18N3O2S.BrH/c1-3-11-20-16(13-19-12-5-4-6-17(19)20)14-7-9-15(10-8-14)18-23(2,21)22;/h3-10,12-13,18H,1,11H2,2H3;1H/q+1;/p-1. The number of anilines is 1. The Hall–Kier alpha value is -2.12. The highest BCUT2D eigenvalue weighted by molar-refractivity contribution is 7.92. The van der Waals surface area contributed by atoms with Gasteiger partial charge in [0.1, 0.15) is 12.7 Å². The number of nitrogens with one attached hydrogen (secondary N) is 1. The average molecular weight is 408 g/mol. The summed E-state index contributed by atoms with van der Waals surface area (Å²) in [5.41, 5.74) is 3.67. The molecular weight excluding hydrogens is 390 g/mol. The van der Waals surface area contributed by atoms with Gasteiger partial charge in [0.25, 0.3) is 5.65 Å². The van der Waals surface area contributed by atoms with Crippen LogP contribution < -0.4 is 26.1 Å². The van der Waals surface area contributed by atoms with Gasteiger partial charge in [0.05, 0.1) is 12.5 Å². The summed E-state index contributed by atoms with van der Waals surface area (Å²) < 4.78 is 29.3. The number of imidazole rings is 1. The minimum Gasteiger partial charge on any atom is -1.00 e. The number of aromatic nitrogens is 2. The summed E-state index contributed by atoms with van der Waals surface area (Å²) in [6.45, 7) is 4.52. The van der Waals surface area contributed by atoms with Crippen LogP contribution in [0.15, 0.2) is 67.5 Å². The van der Waals surface area contributed by atoms with Crippen molar-refractivity contribution < 1.29 is 29.8 Å². The summed E-state index contributed by atoms with van der Waals surface area (Å²) in [7, 11) is -3.26. The van der Waals surface area contributed by atoms with Crippen molar-refractivity contribution in [2.24, 2.45) is 0 Å². The summed E-state index contributed by atoms with van der Waals surface area (Å²) in [5.74, 6) is 0. The van der Waals surface area contributed by atoms with E-state index in [-0.39, 0.29) is 17.0 Å². The zero-order chi connectivity index (χ0) is 16.4. The fourth-order valence-electron chi connectivity index (χ4n) is 2.58. The average Bonchev–Trinajstić information content (AvgIpc) is 2.86. The maximum Gasteiger partial charge on any atom is 0.286 e. The van der Waals surface area contributed by atoms with Crippen molar-refractivity contribution in [3.63, 3.8) is 0 Å². The molecule has 2 aromatic heterocycles. The number of fused-ring (bicyclic) bond motifs is 1. The molecule has 0 saturated heterocycles. The van der Waals surface area contributed by atoms with E-state index >= 15 is 0 Å². The van der Waals surface area contributed by atoms with Gasteiger partial charge in [0.15, 0.2) is 5.69 Å². The molecule has 0 radical (unpaired) electrons. The molecule has 0 bridgehead atoms. The molecule has 1 aromatic carbocycles. The van der Waals surface area contributed by atoms with Crippen molar-refractivity contribution >= 4 is 21.4 Å². The number of nitrogens with zero attached hydrogens (tertiary/aromatic N) is 2. The Labute approximate surface area is 152 Å². The van der Waals surface area contributed by atoms with Crippen LogP contribution in [0.25, 0.3) is 16.9 Å². The zero-order valence-electron chi connectivity index (χ0n) is 13.2. The number of benzene rings is 1. The van der Waals surface area contributed by atoms with Gasteiger partial charge in [-0.1, -0.05) is 18.7 Å². The highest BCUT2D eigenvalue weighted by Gasteiger charge is 2.17. The molecule has 126 valence electrons. The van der Waals surface area contributed by atoms with E-state index in [0.717, 1.165) is 23.2 Å². The number of sulfonamides is 1.